The van der Waals surface area contributed by atoms with Crippen molar-refractivity contribution in [2.45, 2.75) is 6.92 Å². The zero-order chi connectivity index (χ0) is 18.5. The molecule has 26 heavy (non-hydrogen) atoms. The molecule has 0 saturated carbocycles. The van der Waals surface area contributed by atoms with Gasteiger partial charge in [0.05, 0.1) is 0 Å². The average Bonchev–Trinajstić information content (AvgIpc) is 2.64. The van der Waals surface area contributed by atoms with Gasteiger partial charge in [0.1, 0.15) is 5.82 Å². The van der Waals surface area contributed by atoms with Crippen molar-refractivity contribution >= 4 is 29.0 Å². The molecule has 2 aromatic carbocycles. The molecule has 0 atom stereocenters. The molecule has 0 fully saturated rings. The van der Waals surface area contributed by atoms with Crippen molar-refractivity contribution < 1.29 is 14.0 Å². The van der Waals surface area contributed by atoms with Crippen molar-refractivity contribution in [3.8, 4) is 0 Å². The van der Waals surface area contributed by atoms with E-state index in [1.165, 1.54) is 31.2 Å². The lowest BCUT2D eigenvalue weighted by Crippen LogP contribution is -2.13. The van der Waals surface area contributed by atoms with Crippen molar-refractivity contribution in [2.75, 3.05) is 10.6 Å². The number of carbonyl (C=O) groups excluding carboxylic acids is 2. The number of ketones is 1. The Kier molecular flexibility index (Phi) is 4.98. The van der Waals surface area contributed by atoms with Gasteiger partial charge in [-0.1, -0.05) is 0 Å². The predicted molar refractivity (Wildman–Crippen MR) is 96.1 cm³/mol. The molecule has 1 heterocycles. The van der Waals surface area contributed by atoms with E-state index in [1.54, 1.807) is 36.4 Å². The molecule has 0 aliphatic rings. The van der Waals surface area contributed by atoms with Gasteiger partial charge >= 0.3 is 0 Å². The van der Waals surface area contributed by atoms with Crippen LogP contribution < -0.4 is 10.6 Å². The molecule has 3 rings (SSSR count). The number of carbonyl (C=O) groups is 2. The lowest BCUT2D eigenvalue weighted by atomic mass is 10.1. The molecule has 3 aromatic rings. The van der Waals surface area contributed by atoms with Crippen molar-refractivity contribution in [1.82, 2.24) is 10.2 Å². The number of benzene rings is 2. The number of halogens is 1. The van der Waals surface area contributed by atoms with Crippen molar-refractivity contribution in [2.24, 2.45) is 0 Å². The number of nitrogens with one attached hydrogen (secondary N) is 2. The Labute approximate surface area is 149 Å². The van der Waals surface area contributed by atoms with E-state index in [9.17, 15) is 14.0 Å². The maximum atomic E-state index is 12.9. The van der Waals surface area contributed by atoms with Crippen LogP contribution in [-0.2, 0) is 0 Å². The Hall–Kier alpha value is -3.61. The first-order valence-corrected chi connectivity index (χ1v) is 7.80. The number of Topliss-reactive ketones (excluding diaryl/α,β-unsaturated/α-hetero) is 1. The summed E-state index contributed by atoms with van der Waals surface area (Å²) in [5.41, 5.74) is 1.70. The van der Waals surface area contributed by atoms with Crippen LogP contribution >= 0.6 is 0 Å². The number of hydrogen-bond donors (Lipinski definition) is 2. The van der Waals surface area contributed by atoms with Crippen LogP contribution in [-0.4, -0.2) is 21.9 Å². The number of anilines is 3. The molecule has 6 nitrogen and oxygen atoms in total. The zero-order valence-corrected chi connectivity index (χ0v) is 13.9. The van der Waals surface area contributed by atoms with Crippen LogP contribution in [0.15, 0.2) is 60.7 Å². The summed E-state index contributed by atoms with van der Waals surface area (Å²) >= 11 is 0. The predicted octanol–water partition coefficient (Wildman–Crippen LogP) is 3.81. The third-order valence-corrected chi connectivity index (χ3v) is 3.58. The molecule has 1 aromatic heterocycles. The van der Waals surface area contributed by atoms with Gasteiger partial charge in [-0.05, 0) is 67.6 Å². The van der Waals surface area contributed by atoms with Gasteiger partial charge in [0.15, 0.2) is 17.4 Å². The quantitative estimate of drug-likeness (QED) is 0.684. The van der Waals surface area contributed by atoms with E-state index in [2.05, 4.69) is 20.8 Å². The molecule has 0 bridgehead atoms. The monoisotopic (exact) mass is 350 g/mol. The molecule has 130 valence electrons. The van der Waals surface area contributed by atoms with Crippen molar-refractivity contribution in [1.29, 1.82) is 0 Å². The summed E-state index contributed by atoms with van der Waals surface area (Å²) in [5.74, 6) is -0.0531. The second-order valence-electron chi connectivity index (χ2n) is 5.52. The van der Waals surface area contributed by atoms with Gasteiger partial charge in [-0.3, -0.25) is 9.59 Å². The van der Waals surface area contributed by atoms with E-state index in [4.69, 9.17) is 0 Å². The molecule has 1 amide bonds. The fraction of sp³-hybridized carbons (Fsp3) is 0.0526. The minimum Gasteiger partial charge on any atom is -0.339 e. The molecule has 0 aliphatic carbocycles. The summed E-state index contributed by atoms with van der Waals surface area (Å²) in [5, 5.41) is 13.6. The molecule has 2 N–H and O–H groups in total. The van der Waals surface area contributed by atoms with Crippen LogP contribution in [0.25, 0.3) is 0 Å². The Bertz CT molecular complexity index is 923. The molecule has 7 heteroatoms. The van der Waals surface area contributed by atoms with Crippen LogP contribution in [0.4, 0.5) is 21.7 Å². The van der Waals surface area contributed by atoms with Gasteiger partial charge in [0.25, 0.3) is 5.91 Å². The largest absolute Gasteiger partial charge is 0.339 e. The molecule has 0 saturated heterocycles. The Balaban J connectivity index is 1.63. The highest BCUT2D eigenvalue weighted by Gasteiger charge is 2.07. The fourth-order valence-electron chi connectivity index (χ4n) is 2.19. The number of amides is 1. The Morgan fingerprint density at radius 2 is 1.38 bits per heavy atom. The first-order chi connectivity index (χ1) is 12.5. The first kappa shape index (κ1) is 17.2. The number of hydrogen-bond acceptors (Lipinski definition) is 5. The SMILES string of the molecule is CC(=O)c1ccc(Nc2ccc(NC(=O)c3ccc(F)cc3)nn2)cc1. The van der Waals surface area contributed by atoms with E-state index in [0.29, 0.717) is 16.9 Å². The summed E-state index contributed by atoms with van der Waals surface area (Å²) in [4.78, 5) is 23.3. The molecule has 0 unspecified atom stereocenters. The van der Waals surface area contributed by atoms with Gasteiger partial charge < -0.3 is 10.6 Å². The van der Waals surface area contributed by atoms with E-state index in [0.717, 1.165) is 5.69 Å². The van der Waals surface area contributed by atoms with Gasteiger partial charge in [-0.15, -0.1) is 10.2 Å². The number of aromatic nitrogens is 2. The smallest absolute Gasteiger partial charge is 0.256 e. The highest BCUT2D eigenvalue weighted by atomic mass is 19.1. The molecular weight excluding hydrogens is 335 g/mol. The highest BCUT2D eigenvalue weighted by molar-refractivity contribution is 6.03. The number of rotatable bonds is 5. The lowest BCUT2D eigenvalue weighted by molar-refractivity contribution is 0.101. The highest BCUT2D eigenvalue weighted by Crippen LogP contribution is 2.16. The van der Waals surface area contributed by atoms with Crippen LogP contribution in [0.5, 0.6) is 0 Å². The van der Waals surface area contributed by atoms with Gasteiger partial charge in [-0.2, -0.15) is 0 Å². The maximum absolute atomic E-state index is 12.9. The molecular formula is C19H15FN4O2. The van der Waals surface area contributed by atoms with Crippen LogP contribution in [0.1, 0.15) is 27.6 Å². The van der Waals surface area contributed by atoms with E-state index in [1.807, 2.05) is 0 Å². The van der Waals surface area contributed by atoms with E-state index in [-0.39, 0.29) is 11.6 Å². The maximum Gasteiger partial charge on any atom is 0.256 e. The summed E-state index contributed by atoms with van der Waals surface area (Å²) in [6, 6.07) is 15.4. The average molecular weight is 350 g/mol. The summed E-state index contributed by atoms with van der Waals surface area (Å²) in [6.07, 6.45) is 0. The van der Waals surface area contributed by atoms with Crippen LogP contribution in [0.2, 0.25) is 0 Å². The minimum absolute atomic E-state index is 0.00223. The zero-order valence-electron chi connectivity index (χ0n) is 13.9. The van der Waals surface area contributed by atoms with E-state index >= 15 is 0 Å². The third kappa shape index (κ3) is 4.27. The summed E-state index contributed by atoms with van der Waals surface area (Å²) in [7, 11) is 0. The molecule has 0 spiro atoms. The number of nitrogens with zero attached hydrogens (tertiary/aromatic N) is 2. The van der Waals surface area contributed by atoms with Gasteiger partial charge in [0, 0.05) is 16.8 Å². The summed E-state index contributed by atoms with van der Waals surface area (Å²) in [6.45, 7) is 1.51. The van der Waals surface area contributed by atoms with Crippen LogP contribution in [0, 0.1) is 5.82 Å². The van der Waals surface area contributed by atoms with Crippen molar-refractivity contribution in [3.63, 3.8) is 0 Å². The van der Waals surface area contributed by atoms with Gasteiger partial charge in [0.2, 0.25) is 0 Å². The molecule has 0 aliphatic heterocycles. The minimum atomic E-state index is -0.409. The van der Waals surface area contributed by atoms with Crippen LogP contribution in [0.3, 0.4) is 0 Å². The topological polar surface area (TPSA) is 84.0 Å². The third-order valence-electron chi connectivity index (χ3n) is 3.58. The standard InChI is InChI=1S/C19H15FN4O2/c1-12(25)13-4-8-16(9-5-13)21-17-10-11-18(24-23-17)22-19(26)14-2-6-15(20)7-3-14/h2-11H,1H3,(H,21,23)(H,22,24,26). The first-order valence-electron chi connectivity index (χ1n) is 7.80. The van der Waals surface area contributed by atoms with E-state index < -0.39 is 11.7 Å². The molecule has 0 radical (unpaired) electrons. The summed E-state index contributed by atoms with van der Waals surface area (Å²) < 4.78 is 12.9. The Morgan fingerprint density at radius 1 is 0.808 bits per heavy atom. The normalized spacial score (nSPS) is 10.2. The van der Waals surface area contributed by atoms with Crippen molar-refractivity contribution in [3.05, 3.63) is 77.6 Å². The second-order valence-corrected chi connectivity index (χ2v) is 5.52. The fourth-order valence-corrected chi connectivity index (χ4v) is 2.19. The Morgan fingerprint density at radius 3 is 1.96 bits per heavy atom. The lowest BCUT2D eigenvalue weighted by Gasteiger charge is -2.07. The second kappa shape index (κ2) is 7.52. The van der Waals surface area contributed by atoms with Gasteiger partial charge in [-0.25, -0.2) is 4.39 Å².